The highest BCUT2D eigenvalue weighted by Gasteiger charge is 2.15. The Labute approximate surface area is 114 Å². The van der Waals surface area contributed by atoms with Crippen molar-refractivity contribution >= 4 is 10.2 Å². The Morgan fingerprint density at radius 1 is 1.37 bits per heavy atom. The third kappa shape index (κ3) is 4.65. The highest BCUT2D eigenvalue weighted by molar-refractivity contribution is 7.87. The summed E-state index contributed by atoms with van der Waals surface area (Å²) in [6.07, 6.45) is 0.402. The van der Waals surface area contributed by atoms with Crippen LogP contribution in [0.15, 0.2) is 24.3 Å². The fraction of sp³-hybridized carbons (Fsp3) is 0.385. The molecule has 5 nitrogen and oxygen atoms in total. The molecule has 0 spiro atoms. The fourth-order valence-electron chi connectivity index (χ4n) is 1.47. The van der Waals surface area contributed by atoms with Crippen LogP contribution in [0, 0.1) is 11.8 Å². The number of hydrogen-bond acceptors (Lipinski definition) is 3. The van der Waals surface area contributed by atoms with Gasteiger partial charge in [0.05, 0.1) is 6.61 Å². The Kier molecular flexibility index (Phi) is 5.99. The quantitative estimate of drug-likeness (QED) is 0.764. The molecule has 2 N–H and O–H groups in total. The lowest BCUT2D eigenvalue weighted by Gasteiger charge is -2.16. The minimum atomic E-state index is -3.44. The van der Waals surface area contributed by atoms with Gasteiger partial charge in [-0.15, -0.1) is 0 Å². The molecule has 0 aliphatic heterocycles. The third-order valence-corrected chi connectivity index (χ3v) is 4.00. The van der Waals surface area contributed by atoms with E-state index in [0.29, 0.717) is 6.42 Å². The van der Waals surface area contributed by atoms with Crippen molar-refractivity contribution in [2.45, 2.75) is 13.0 Å². The first-order valence-electron chi connectivity index (χ1n) is 5.83. The molecule has 0 aliphatic rings. The zero-order valence-corrected chi connectivity index (χ0v) is 11.9. The van der Waals surface area contributed by atoms with E-state index in [1.807, 2.05) is 24.3 Å². The molecule has 1 rings (SSSR count). The highest BCUT2D eigenvalue weighted by atomic mass is 32.2. The van der Waals surface area contributed by atoms with Gasteiger partial charge in [0.1, 0.15) is 0 Å². The molecule has 0 bridgehead atoms. The summed E-state index contributed by atoms with van der Waals surface area (Å²) >= 11 is 0. The van der Waals surface area contributed by atoms with Crippen molar-refractivity contribution < 1.29 is 13.5 Å². The van der Waals surface area contributed by atoms with Crippen LogP contribution in [-0.2, 0) is 16.8 Å². The van der Waals surface area contributed by atoms with Gasteiger partial charge in [0.15, 0.2) is 0 Å². The SMILES string of the molecule is CNS(=O)(=O)N(C)Cc1ccccc1C#CCCO. The van der Waals surface area contributed by atoms with Crippen molar-refractivity contribution in [3.63, 3.8) is 0 Å². The lowest BCUT2D eigenvalue weighted by molar-refractivity contribution is 0.305. The van der Waals surface area contributed by atoms with Gasteiger partial charge in [-0.2, -0.15) is 12.7 Å². The molecular formula is C13H18N2O3S. The van der Waals surface area contributed by atoms with E-state index >= 15 is 0 Å². The maximum absolute atomic E-state index is 11.6. The van der Waals surface area contributed by atoms with E-state index in [-0.39, 0.29) is 13.2 Å². The van der Waals surface area contributed by atoms with Crippen molar-refractivity contribution in [1.82, 2.24) is 9.03 Å². The summed E-state index contributed by atoms with van der Waals surface area (Å²) in [5.74, 6) is 5.77. The number of hydrogen-bond donors (Lipinski definition) is 2. The molecule has 0 saturated carbocycles. The Morgan fingerprint density at radius 2 is 2.05 bits per heavy atom. The first-order chi connectivity index (χ1) is 9.01. The van der Waals surface area contributed by atoms with Crippen LogP contribution in [0.5, 0.6) is 0 Å². The average Bonchev–Trinajstić information content (AvgIpc) is 2.41. The van der Waals surface area contributed by atoms with Crippen LogP contribution in [0.2, 0.25) is 0 Å². The summed E-state index contributed by atoms with van der Waals surface area (Å²) in [7, 11) is -0.566. The largest absolute Gasteiger partial charge is 0.395 e. The summed E-state index contributed by atoms with van der Waals surface area (Å²) in [5, 5.41) is 8.70. The predicted octanol–water partition coefficient (Wildman–Crippen LogP) is 0.317. The molecule has 6 heteroatoms. The normalized spacial score (nSPS) is 11.2. The van der Waals surface area contributed by atoms with Gasteiger partial charge in [0.25, 0.3) is 10.2 Å². The molecule has 0 amide bonds. The molecule has 1 aromatic rings. The van der Waals surface area contributed by atoms with Crippen LogP contribution in [0.4, 0.5) is 0 Å². The van der Waals surface area contributed by atoms with Gasteiger partial charge in [0.2, 0.25) is 0 Å². The molecule has 104 valence electrons. The summed E-state index contributed by atoms with van der Waals surface area (Å²) in [6, 6.07) is 7.36. The number of nitrogens with one attached hydrogen (secondary N) is 1. The third-order valence-electron chi connectivity index (χ3n) is 2.54. The smallest absolute Gasteiger partial charge is 0.279 e. The van der Waals surface area contributed by atoms with Crippen LogP contribution in [0.25, 0.3) is 0 Å². The second-order valence-electron chi connectivity index (χ2n) is 3.90. The molecule has 0 radical (unpaired) electrons. The van der Waals surface area contributed by atoms with E-state index in [2.05, 4.69) is 16.6 Å². The van der Waals surface area contributed by atoms with Gasteiger partial charge in [-0.05, 0) is 11.6 Å². The van der Waals surface area contributed by atoms with Crippen molar-refractivity contribution in [3.8, 4) is 11.8 Å². The molecule has 0 aromatic heterocycles. The van der Waals surface area contributed by atoms with E-state index in [1.165, 1.54) is 18.4 Å². The van der Waals surface area contributed by atoms with Gasteiger partial charge in [-0.25, -0.2) is 4.72 Å². The summed E-state index contributed by atoms with van der Waals surface area (Å²) in [5.41, 5.74) is 1.60. The minimum absolute atomic E-state index is 0.0171. The van der Waals surface area contributed by atoms with Crippen molar-refractivity contribution in [3.05, 3.63) is 35.4 Å². The number of nitrogens with zero attached hydrogens (tertiary/aromatic N) is 1. The molecule has 1 aromatic carbocycles. The molecule has 0 aliphatic carbocycles. The second-order valence-corrected chi connectivity index (χ2v) is 5.88. The zero-order valence-electron chi connectivity index (χ0n) is 11.0. The molecular weight excluding hydrogens is 264 g/mol. The first-order valence-corrected chi connectivity index (χ1v) is 7.27. The molecule has 0 fully saturated rings. The zero-order chi connectivity index (χ0) is 14.3. The standard InChI is InChI=1S/C13H18N2O3S/c1-14-19(17,18)15(2)11-13-9-4-3-7-12(13)8-5-6-10-16/h3-4,7,9,14,16H,6,10-11H2,1-2H3. The molecule has 19 heavy (non-hydrogen) atoms. The Balaban J connectivity index is 2.94. The molecule has 0 atom stereocenters. The van der Waals surface area contributed by atoms with E-state index in [4.69, 9.17) is 5.11 Å². The van der Waals surface area contributed by atoms with Crippen molar-refractivity contribution in [2.24, 2.45) is 0 Å². The summed E-state index contributed by atoms with van der Waals surface area (Å²) in [4.78, 5) is 0. The van der Waals surface area contributed by atoms with Gasteiger partial charge in [-0.3, -0.25) is 0 Å². The van der Waals surface area contributed by atoms with Crippen LogP contribution < -0.4 is 4.72 Å². The van der Waals surface area contributed by atoms with E-state index in [9.17, 15) is 8.42 Å². The lowest BCUT2D eigenvalue weighted by Crippen LogP contribution is -2.35. The fourth-order valence-corrected chi connectivity index (χ4v) is 2.10. The van der Waals surface area contributed by atoms with E-state index in [0.717, 1.165) is 11.1 Å². The Hall–Kier alpha value is -1.39. The van der Waals surface area contributed by atoms with Crippen molar-refractivity contribution in [2.75, 3.05) is 20.7 Å². The van der Waals surface area contributed by atoms with Gasteiger partial charge in [-0.1, -0.05) is 30.0 Å². The monoisotopic (exact) mass is 282 g/mol. The predicted molar refractivity (Wildman–Crippen MR) is 74.5 cm³/mol. The number of aliphatic hydroxyl groups excluding tert-OH is 1. The number of aliphatic hydroxyl groups is 1. The lowest BCUT2D eigenvalue weighted by atomic mass is 10.1. The summed E-state index contributed by atoms with van der Waals surface area (Å²) < 4.78 is 26.7. The van der Waals surface area contributed by atoms with Crippen LogP contribution >= 0.6 is 0 Å². The van der Waals surface area contributed by atoms with Crippen LogP contribution in [0.1, 0.15) is 17.5 Å². The summed E-state index contributed by atoms with van der Waals surface area (Å²) in [6.45, 7) is 0.260. The Bertz CT molecular complexity index is 573. The Morgan fingerprint density at radius 3 is 2.68 bits per heavy atom. The highest BCUT2D eigenvalue weighted by Crippen LogP contribution is 2.11. The molecule has 0 saturated heterocycles. The number of rotatable bonds is 5. The minimum Gasteiger partial charge on any atom is -0.395 e. The van der Waals surface area contributed by atoms with Crippen molar-refractivity contribution in [1.29, 1.82) is 0 Å². The molecule has 0 heterocycles. The topological polar surface area (TPSA) is 69.6 Å². The maximum Gasteiger partial charge on any atom is 0.279 e. The van der Waals surface area contributed by atoms with Gasteiger partial charge >= 0.3 is 0 Å². The maximum atomic E-state index is 11.6. The van der Waals surface area contributed by atoms with E-state index < -0.39 is 10.2 Å². The first kappa shape index (κ1) is 15.7. The van der Waals surface area contributed by atoms with Crippen LogP contribution in [0.3, 0.4) is 0 Å². The second kappa shape index (κ2) is 7.26. The molecule has 0 unspecified atom stereocenters. The van der Waals surface area contributed by atoms with Gasteiger partial charge < -0.3 is 5.11 Å². The van der Waals surface area contributed by atoms with Gasteiger partial charge in [0, 0.05) is 32.6 Å². The van der Waals surface area contributed by atoms with E-state index in [1.54, 1.807) is 0 Å². The van der Waals surface area contributed by atoms with Crippen LogP contribution in [-0.4, -0.2) is 38.5 Å². The number of benzene rings is 1. The average molecular weight is 282 g/mol.